The third kappa shape index (κ3) is 4.31. The molecule has 1 aliphatic heterocycles. The maximum absolute atomic E-state index is 13.0. The number of amides is 1. The second-order valence-corrected chi connectivity index (χ2v) is 11.2. The highest BCUT2D eigenvalue weighted by Gasteiger charge is 2.49. The Bertz CT molecular complexity index is 1200. The van der Waals surface area contributed by atoms with Gasteiger partial charge >= 0.3 is 0 Å². The first-order valence-corrected chi connectivity index (χ1v) is 13.2. The lowest BCUT2D eigenvalue weighted by molar-refractivity contribution is 0.0284. The van der Waals surface area contributed by atoms with Gasteiger partial charge in [-0.25, -0.2) is 0 Å². The van der Waals surface area contributed by atoms with Crippen LogP contribution in [-0.4, -0.2) is 46.7 Å². The van der Waals surface area contributed by atoms with Gasteiger partial charge in [0.05, 0.1) is 6.20 Å². The number of rotatable bonds is 7. The topological polar surface area (TPSA) is 61.0 Å². The average Bonchev–Trinajstić information content (AvgIpc) is 3.52. The summed E-state index contributed by atoms with van der Waals surface area (Å²) in [6.45, 7) is 7.99. The molecule has 1 amide bonds. The zero-order valence-corrected chi connectivity index (χ0v) is 20.9. The van der Waals surface area contributed by atoms with E-state index in [0.29, 0.717) is 18.5 Å². The summed E-state index contributed by atoms with van der Waals surface area (Å²) in [6, 6.07) is 15.6. The summed E-state index contributed by atoms with van der Waals surface area (Å²) in [4.78, 5) is 15.8. The highest BCUT2D eigenvalue weighted by molar-refractivity contribution is 5.94. The van der Waals surface area contributed by atoms with Crippen molar-refractivity contribution in [1.82, 2.24) is 20.4 Å². The molecule has 35 heavy (non-hydrogen) atoms. The van der Waals surface area contributed by atoms with Crippen molar-refractivity contribution in [2.75, 3.05) is 19.6 Å². The Morgan fingerprint density at radius 1 is 1.17 bits per heavy atom. The largest absolute Gasteiger partial charge is 0.352 e. The van der Waals surface area contributed by atoms with Gasteiger partial charge in [-0.15, -0.1) is 0 Å². The van der Waals surface area contributed by atoms with Gasteiger partial charge in [0.1, 0.15) is 0 Å². The van der Waals surface area contributed by atoms with Crippen molar-refractivity contribution in [3.05, 3.63) is 77.1 Å². The van der Waals surface area contributed by atoms with E-state index >= 15 is 0 Å². The minimum absolute atomic E-state index is 0.0346. The summed E-state index contributed by atoms with van der Waals surface area (Å²) < 4.78 is 0. The smallest absolute Gasteiger partial charge is 0.251 e. The molecule has 1 saturated heterocycles. The molecule has 5 heteroatoms. The molecule has 1 aromatic heterocycles. The Labute approximate surface area is 208 Å². The first-order chi connectivity index (χ1) is 17.0. The Kier molecular flexibility index (Phi) is 5.76. The second-order valence-electron chi connectivity index (χ2n) is 11.2. The van der Waals surface area contributed by atoms with Crippen molar-refractivity contribution in [3.8, 4) is 11.1 Å². The lowest BCUT2D eigenvalue weighted by atomic mass is 9.59. The monoisotopic (exact) mass is 468 g/mol. The van der Waals surface area contributed by atoms with Gasteiger partial charge in [0.25, 0.3) is 5.91 Å². The number of nitrogens with zero attached hydrogens (tertiary/aromatic N) is 2. The summed E-state index contributed by atoms with van der Waals surface area (Å²) >= 11 is 0. The number of benzene rings is 2. The molecule has 182 valence electrons. The molecule has 3 aliphatic rings. The molecule has 1 saturated carbocycles. The predicted octanol–water partition coefficient (Wildman–Crippen LogP) is 4.98. The standard InChI is InChI=1S/C30H36N4O/c1-20-28-16-24-9-10-25(15-27(24)30(20,2)12-14-34(28)19-22-3-4-22)29(35)31-13-11-21-5-7-23(8-6-21)26-17-32-33-18-26/h5-10,15,17-18,20,22,28H,3-4,11-14,16,19H2,1-2H3,(H,31,35)(H,32,33)/t20-,28+,30+/m0/s1. The van der Waals surface area contributed by atoms with Crippen LogP contribution in [0.25, 0.3) is 11.1 Å². The van der Waals surface area contributed by atoms with Crippen LogP contribution >= 0.6 is 0 Å². The summed E-state index contributed by atoms with van der Waals surface area (Å²) in [7, 11) is 0. The molecule has 0 unspecified atom stereocenters. The Balaban J connectivity index is 1.10. The first kappa shape index (κ1) is 22.5. The Hall–Kier alpha value is -2.92. The lowest BCUT2D eigenvalue weighted by Crippen LogP contribution is -2.58. The molecule has 2 bridgehead atoms. The quantitative estimate of drug-likeness (QED) is 0.514. The molecule has 2 aliphatic carbocycles. The van der Waals surface area contributed by atoms with Crippen LogP contribution in [0, 0.1) is 11.8 Å². The molecular weight excluding hydrogens is 432 g/mol. The highest BCUT2D eigenvalue weighted by Crippen LogP contribution is 2.49. The van der Waals surface area contributed by atoms with Gasteiger partial charge in [-0.05, 0) is 90.3 Å². The maximum Gasteiger partial charge on any atom is 0.251 e. The molecule has 3 aromatic rings. The molecule has 2 heterocycles. The van der Waals surface area contributed by atoms with Gasteiger partial charge in [0.15, 0.2) is 0 Å². The highest BCUT2D eigenvalue weighted by atomic mass is 16.1. The zero-order chi connectivity index (χ0) is 24.0. The molecule has 0 spiro atoms. The Morgan fingerprint density at radius 2 is 2.00 bits per heavy atom. The van der Waals surface area contributed by atoms with E-state index in [-0.39, 0.29) is 11.3 Å². The van der Waals surface area contributed by atoms with E-state index < -0.39 is 0 Å². The lowest BCUT2D eigenvalue weighted by Gasteiger charge is -2.55. The van der Waals surface area contributed by atoms with E-state index in [1.165, 1.54) is 49.0 Å². The van der Waals surface area contributed by atoms with Crippen LogP contribution in [0.1, 0.15) is 60.2 Å². The van der Waals surface area contributed by atoms with Gasteiger partial charge in [-0.3, -0.25) is 14.8 Å². The van der Waals surface area contributed by atoms with E-state index in [1.807, 2.05) is 18.5 Å². The van der Waals surface area contributed by atoms with Gasteiger partial charge in [-0.2, -0.15) is 5.10 Å². The third-order valence-corrected chi connectivity index (χ3v) is 9.06. The van der Waals surface area contributed by atoms with Crippen LogP contribution in [0.15, 0.2) is 54.9 Å². The molecule has 0 radical (unpaired) electrons. The number of H-pyrrole nitrogens is 1. The minimum atomic E-state index is 0.0346. The van der Waals surface area contributed by atoms with Crippen LogP contribution in [0.3, 0.4) is 0 Å². The zero-order valence-electron chi connectivity index (χ0n) is 20.9. The number of hydrogen-bond donors (Lipinski definition) is 2. The fourth-order valence-electron chi connectivity index (χ4n) is 6.40. The number of likely N-dealkylation sites (tertiary alicyclic amines) is 1. The Morgan fingerprint density at radius 3 is 2.74 bits per heavy atom. The number of carbonyl (C=O) groups excluding carboxylic acids is 1. The van der Waals surface area contributed by atoms with E-state index in [1.54, 1.807) is 0 Å². The number of hydrogen-bond acceptors (Lipinski definition) is 3. The van der Waals surface area contributed by atoms with Crippen LogP contribution in [0.4, 0.5) is 0 Å². The molecule has 6 rings (SSSR count). The summed E-state index contributed by atoms with van der Waals surface area (Å²) in [6.07, 6.45) is 9.68. The molecule has 2 fully saturated rings. The maximum atomic E-state index is 13.0. The fraction of sp³-hybridized carbons (Fsp3) is 0.467. The molecule has 2 N–H and O–H groups in total. The van der Waals surface area contributed by atoms with Crippen molar-refractivity contribution in [3.63, 3.8) is 0 Å². The van der Waals surface area contributed by atoms with Crippen LogP contribution < -0.4 is 5.32 Å². The third-order valence-electron chi connectivity index (χ3n) is 9.06. The van der Waals surface area contributed by atoms with Crippen molar-refractivity contribution in [2.45, 2.75) is 57.4 Å². The number of nitrogens with one attached hydrogen (secondary N) is 2. The normalized spacial score (nSPS) is 25.8. The number of aromatic nitrogens is 2. The summed E-state index contributed by atoms with van der Waals surface area (Å²) in [5.41, 5.74) is 7.26. The first-order valence-electron chi connectivity index (χ1n) is 13.2. The van der Waals surface area contributed by atoms with Gasteiger partial charge in [0.2, 0.25) is 0 Å². The van der Waals surface area contributed by atoms with E-state index in [0.717, 1.165) is 35.4 Å². The predicted molar refractivity (Wildman–Crippen MR) is 139 cm³/mol. The van der Waals surface area contributed by atoms with E-state index in [2.05, 4.69) is 70.7 Å². The molecule has 2 aromatic carbocycles. The number of aromatic amines is 1. The van der Waals surface area contributed by atoms with Crippen molar-refractivity contribution >= 4 is 5.91 Å². The average molecular weight is 469 g/mol. The van der Waals surface area contributed by atoms with E-state index in [9.17, 15) is 4.79 Å². The molecular formula is C30H36N4O. The SMILES string of the molecule is C[C@H]1[C@H]2Cc3ccc(C(=O)NCCc4ccc(-c5cn[nH]c5)cc4)cc3[C@]1(C)CCN2CC1CC1. The number of fused-ring (bicyclic) bond motifs is 4. The molecule has 5 nitrogen and oxygen atoms in total. The second kappa shape index (κ2) is 8.94. The minimum Gasteiger partial charge on any atom is -0.352 e. The van der Waals surface area contributed by atoms with Crippen LogP contribution in [-0.2, 0) is 18.3 Å². The van der Waals surface area contributed by atoms with Gasteiger partial charge in [0, 0.05) is 36.5 Å². The number of carbonyl (C=O) groups is 1. The fourth-order valence-corrected chi connectivity index (χ4v) is 6.40. The van der Waals surface area contributed by atoms with E-state index in [4.69, 9.17) is 0 Å². The van der Waals surface area contributed by atoms with Crippen molar-refractivity contribution in [1.29, 1.82) is 0 Å². The van der Waals surface area contributed by atoms with Crippen LogP contribution in [0.2, 0.25) is 0 Å². The summed E-state index contributed by atoms with van der Waals surface area (Å²) in [5, 5.41) is 10.0. The van der Waals surface area contributed by atoms with Gasteiger partial charge in [-0.1, -0.05) is 44.2 Å². The van der Waals surface area contributed by atoms with Crippen LogP contribution in [0.5, 0.6) is 0 Å². The van der Waals surface area contributed by atoms with Gasteiger partial charge < -0.3 is 5.32 Å². The van der Waals surface area contributed by atoms with Crippen molar-refractivity contribution < 1.29 is 4.79 Å². The van der Waals surface area contributed by atoms with Crippen molar-refractivity contribution in [2.24, 2.45) is 11.8 Å². The molecule has 3 atom stereocenters. The number of piperidine rings is 1. The summed E-state index contributed by atoms with van der Waals surface area (Å²) in [5.74, 6) is 1.59.